The fourth-order valence-electron chi connectivity index (χ4n) is 2.98. The van der Waals surface area contributed by atoms with Gasteiger partial charge in [-0.3, -0.25) is 4.57 Å². The number of hydrogen-bond donors (Lipinski definition) is 1. The Hall–Kier alpha value is -0.840. The Morgan fingerprint density at radius 1 is 1.37 bits per heavy atom. The van der Waals surface area contributed by atoms with Crippen molar-refractivity contribution in [3.63, 3.8) is 0 Å². The van der Waals surface area contributed by atoms with E-state index in [1.165, 1.54) is 32.1 Å². The fraction of sp³-hybridized carbons (Fsp3) is 0.857. The molecule has 1 aromatic heterocycles. The Bertz CT molecular complexity index is 443. The first-order valence-corrected chi connectivity index (χ1v) is 7.96. The van der Waals surface area contributed by atoms with E-state index in [0.717, 1.165) is 23.8 Å². The minimum Gasteiger partial charge on any atom is -0.341 e. The molecule has 19 heavy (non-hydrogen) atoms. The Labute approximate surface area is 121 Å². The van der Waals surface area contributed by atoms with Crippen molar-refractivity contribution in [2.45, 2.75) is 58.9 Å². The Kier molecular flexibility index (Phi) is 5.02. The Morgan fingerprint density at radius 2 is 2.05 bits per heavy atom. The molecule has 0 aromatic carbocycles. The van der Waals surface area contributed by atoms with Crippen LogP contribution in [0.2, 0.25) is 0 Å². The van der Waals surface area contributed by atoms with Gasteiger partial charge in [-0.15, -0.1) is 5.10 Å². The Balaban J connectivity index is 2.27. The molecule has 108 valence electrons. The van der Waals surface area contributed by atoms with Crippen LogP contribution in [-0.2, 0) is 0 Å². The second-order valence-corrected chi connectivity index (χ2v) is 6.31. The molecule has 1 aromatic rings. The summed E-state index contributed by atoms with van der Waals surface area (Å²) in [5.41, 5.74) is 0. The van der Waals surface area contributed by atoms with Crippen molar-refractivity contribution >= 4 is 18.2 Å². The van der Waals surface area contributed by atoms with Crippen LogP contribution in [0.4, 0.5) is 5.95 Å². The number of nitrogens with one attached hydrogen (secondary N) is 1. The summed E-state index contributed by atoms with van der Waals surface area (Å²) in [5, 5.41) is 7.48. The second-order valence-electron chi connectivity index (χ2n) is 5.92. The minimum absolute atomic E-state index is 0.538. The standard InChI is InChI=1S/C14H26N4S/c1-4-17(10-11(2)3)13-15-16-14(19)18(13)12-8-6-5-7-9-12/h11-12H,4-10H2,1-3H3,(H,16,19). The quantitative estimate of drug-likeness (QED) is 0.831. The van der Waals surface area contributed by atoms with Gasteiger partial charge in [0.05, 0.1) is 0 Å². The van der Waals surface area contributed by atoms with Crippen molar-refractivity contribution < 1.29 is 0 Å². The number of aromatic amines is 1. The number of anilines is 1. The van der Waals surface area contributed by atoms with Crippen molar-refractivity contribution in [1.82, 2.24) is 14.8 Å². The van der Waals surface area contributed by atoms with E-state index in [0.29, 0.717) is 12.0 Å². The molecule has 0 amide bonds. The third-order valence-corrected chi connectivity index (χ3v) is 4.16. The third kappa shape index (κ3) is 3.38. The lowest BCUT2D eigenvalue weighted by Crippen LogP contribution is -2.31. The van der Waals surface area contributed by atoms with E-state index in [1.54, 1.807) is 0 Å². The fourth-order valence-corrected chi connectivity index (χ4v) is 3.26. The largest absolute Gasteiger partial charge is 0.341 e. The van der Waals surface area contributed by atoms with E-state index in [9.17, 15) is 0 Å². The average molecular weight is 282 g/mol. The Morgan fingerprint density at radius 3 is 2.63 bits per heavy atom. The zero-order chi connectivity index (χ0) is 13.8. The first kappa shape index (κ1) is 14.6. The zero-order valence-electron chi connectivity index (χ0n) is 12.4. The highest BCUT2D eigenvalue weighted by molar-refractivity contribution is 7.71. The normalized spacial score (nSPS) is 17.1. The van der Waals surface area contributed by atoms with Gasteiger partial charge in [0.1, 0.15) is 0 Å². The highest BCUT2D eigenvalue weighted by Gasteiger charge is 2.22. The van der Waals surface area contributed by atoms with Gasteiger partial charge in [-0.2, -0.15) is 0 Å². The van der Waals surface area contributed by atoms with Crippen molar-refractivity contribution in [3.05, 3.63) is 4.77 Å². The number of rotatable bonds is 5. The molecule has 1 saturated carbocycles. The van der Waals surface area contributed by atoms with Crippen LogP contribution in [0.25, 0.3) is 0 Å². The molecular weight excluding hydrogens is 256 g/mol. The molecule has 0 unspecified atom stereocenters. The predicted octanol–water partition coefficient (Wildman–Crippen LogP) is 3.93. The highest BCUT2D eigenvalue weighted by atomic mass is 32.1. The zero-order valence-corrected chi connectivity index (χ0v) is 13.2. The first-order valence-electron chi connectivity index (χ1n) is 7.55. The molecule has 4 nitrogen and oxygen atoms in total. The van der Waals surface area contributed by atoms with Crippen LogP contribution in [-0.4, -0.2) is 27.9 Å². The summed E-state index contributed by atoms with van der Waals surface area (Å²) in [7, 11) is 0. The van der Waals surface area contributed by atoms with Crippen molar-refractivity contribution in [2.75, 3.05) is 18.0 Å². The summed E-state index contributed by atoms with van der Waals surface area (Å²) >= 11 is 5.45. The molecule has 1 aliphatic rings. The van der Waals surface area contributed by atoms with E-state index < -0.39 is 0 Å². The van der Waals surface area contributed by atoms with Gasteiger partial charge in [0.25, 0.3) is 0 Å². The van der Waals surface area contributed by atoms with Crippen molar-refractivity contribution in [2.24, 2.45) is 5.92 Å². The van der Waals surface area contributed by atoms with Crippen LogP contribution >= 0.6 is 12.2 Å². The van der Waals surface area contributed by atoms with E-state index in [-0.39, 0.29) is 0 Å². The number of nitrogens with zero attached hydrogens (tertiary/aromatic N) is 3. The molecule has 1 heterocycles. The maximum Gasteiger partial charge on any atom is 0.225 e. The number of hydrogen-bond acceptors (Lipinski definition) is 3. The maximum absolute atomic E-state index is 5.45. The summed E-state index contributed by atoms with van der Waals surface area (Å²) in [6.45, 7) is 8.68. The third-order valence-electron chi connectivity index (χ3n) is 3.88. The van der Waals surface area contributed by atoms with Crippen LogP contribution in [0.5, 0.6) is 0 Å². The van der Waals surface area contributed by atoms with Gasteiger partial charge in [0.2, 0.25) is 5.95 Å². The average Bonchev–Trinajstić information content (AvgIpc) is 2.78. The summed E-state index contributed by atoms with van der Waals surface area (Å²) < 4.78 is 3.05. The second kappa shape index (κ2) is 6.55. The predicted molar refractivity (Wildman–Crippen MR) is 82.3 cm³/mol. The SMILES string of the molecule is CCN(CC(C)C)c1n[nH]c(=S)n1C1CCCCC1. The van der Waals surface area contributed by atoms with E-state index >= 15 is 0 Å². The number of H-pyrrole nitrogens is 1. The molecule has 1 aliphatic carbocycles. The van der Waals surface area contributed by atoms with Crippen LogP contribution in [0, 0.1) is 10.7 Å². The van der Waals surface area contributed by atoms with Crippen molar-refractivity contribution in [3.8, 4) is 0 Å². The molecule has 5 heteroatoms. The first-order chi connectivity index (χ1) is 9.13. The summed E-state index contributed by atoms with van der Waals surface area (Å²) in [5.74, 6) is 1.66. The minimum atomic E-state index is 0.538. The molecule has 0 bridgehead atoms. The molecule has 0 radical (unpaired) electrons. The highest BCUT2D eigenvalue weighted by Crippen LogP contribution is 2.31. The molecule has 0 spiro atoms. The smallest absolute Gasteiger partial charge is 0.225 e. The van der Waals surface area contributed by atoms with Gasteiger partial charge >= 0.3 is 0 Å². The molecule has 0 aliphatic heterocycles. The monoisotopic (exact) mass is 282 g/mol. The molecule has 0 atom stereocenters. The summed E-state index contributed by atoms with van der Waals surface area (Å²) in [6.07, 6.45) is 6.46. The molecule has 1 N–H and O–H groups in total. The van der Waals surface area contributed by atoms with Crippen molar-refractivity contribution in [1.29, 1.82) is 0 Å². The van der Waals surface area contributed by atoms with Gasteiger partial charge in [0.15, 0.2) is 4.77 Å². The molecule has 1 fully saturated rings. The van der Waals surface area contributed by atoms with Gasteiger partial charge in [-0.1, -0.05) is 33.1 Å². The summed E-state index contributed by atoms with van der Waals surface area (Å²) in [6, 6.07) is 0.538. The van der Waals surface area contributed by atoms with Gasteiger partial charge in [-0.25, -0.2) is 5.10 Å². The summed E-state index contributed by atoms with van der Waals surface area (Å²) in [4.78, 5) is 2.34. The number of aromatic nitrogens is 3. The van der Waals surface area contributed by atoms with Crippen LogP contribution in [0.3, 0.4) is 0 Å². The molecular formula is C14H26N4S. The maximum atomic E-state index is 5.45. The lowest BCUT2D eigenvalue weighted by atomic mass is 9.95. The topological polar surface area (TPSA) is 36.9 Å². The molecule has 0 saturated heterocycles. The van der Waals surface area contributed by atoms with Gasteiger partial charge in [-0.05, 0) is 37.9 Å². The van der Waals surface area contributed by atoms with Gasteiger partial charge < -0.3 is 4.90 Å². The van der Waals surface area contributed by atoms with Crippen LogP contribution in [0.1, 0.15) is 58.9 Å². The van der Waals surface area contributed by atoms with Gasteiger partial charge in [0, 0.05) is 19.1 Å². The lowest BCUT2D eigenvalue weighted by Gasteiger charge is -2.29. The lowest BCUT2D eigenvalue weighted by molar-refractivity contribution is 0.349. The van der Waals surface area contributed by atoms with E-state index in [4.69, 9.17) is 12.2 Å². The van der Waals surface area contributed by atoms with Crippen LogP contribution in [0.15, 0.2) is 0 Å². The van der Waals surface area contributed by atoms with E-state index in [2.05, 4.69) is 40.4 Å². The van der Waals surface area contributed by atoms with Crippen LogP contribution < -0.4 is 4.90 Å². The van der Waals surface area contributed by atoms with E-state index in [1.807, 2.05) is 0 Å². The molecule has 2 rings (SSSR count).